The smallest absolute Gasteiger partial charge is 0.270 e. The van der Waals surface area contributed by atoms with E-state index in [1.165, 1.54) is 51.9 Å². The molecule has 3 aromatic rings. The quantitative estimate of drug-likeness (QED) is 0.228. The molecule has 0 aliphatic carbocycles. The lowest BCUT2D eigenvalue weighted by Crippen LogP contribution is -2.50. The summed E-state index contributed by atoms with van der Waals surface area (Å²) in [5, 5.41) is 13.6. The van der Waals surface area contributed by atoms with Gasteiger partial charge in [0, 0.05) is 38.3 Å². The van der Waals surface area contributed by atoms with Crippen molar-refractivity contribution in [1.82, 2.24) is 19.2 Å². The number of non-ortho nitro benzene ring substituents is 1. The van der Waals surface area contributed by atoms with E-state index >= 15 is 0 Å². The number of thioether (sulfide) groups is 1. The number of nitrogens with zero attached hydrogens (tertiary/aromatic N) is 5. The Hall–Kier alpha value is -2.61. The predicted octanol–water partition coefficient (Wildman–Crippen LogP) is 2.22. The average molecular weight is 480 g/mol. The third-order valence-corrected chi connectivity index (χ3v) is 8.71. The molecule has 0 atom stereocenters. The maximum absolute atomic E-state index is 12.8. The first kappa shape index (κ1) is 21.6. The number of rotatable bonds is 6. The number of aromatic nitrogens is 2. The molecule has 0 N–H and O–H groups in total. The van der Waals surface area contributed by atoms with Gasteiger partial charge in [-0.25, -0.2) is 18.4 Å². The van der Waals surface area contributed by atoms with Crippen molar-refractivity contribution in [1.29, 1.82) is 0 Å². The molecule has 0 radical (unpaired) electrons. The number of fused-ring (bicyclic) bond motifs is 1. The normalized spacial score (nSPS) is 15.3. The van der Waals surface area contributed by atoms with Gasteiger partial charge in [-0.2, -0.15) is 4.31 Å². The number of thiophene rings is 1. The molecule has 13 heteroatoms. The summed E-state index contributed by atoms with van der Waals surface area (Å²) in [6, 6.07) is 6.88. The van der Waals surface area contributed by atoms with Gasteiger partial charge in [0.15, 0.2) is 0 Å². The molecule has 0 saturated carbocycles. The fraction of sp³-hybridized carbons (Fsp3) is 0.278. The van der Waals surface area contributed by atoms with Crippen LogP contribution in [0, 0.1) is 10.1 Å². The molecular weight excluding hydrogens is 462 g/mol. The second-order valence-electron chi connectivity index (χ2n) is 6.64. The van der Waals surface area contributed by atoms with E-state index in [0.29, 0.717) is 0 Å². The van der Waals surface area contributed by atoms with Crippen LogP contribution in [0.5, 0.6) is 0 Å². The standard InChI is InChI=1S/C18H17N5O5S3/c24-16(11-30-18-17-15(4-9-29-17)19-12-20-18)21-5-7-22(8-6-21)31(27,28)14-3-1-2-13(10-14)23(25)26/h1-4,9-10,12H,5-8,11H2. The zero-order valence-electron chi connectivity index (χ0n) is 16.1. The summed E-state index contributed by atoms with van der Waals surface area (Å²) < 4.78 is 27.9. The highest BCUT2D eigenvalue weighted by Crippen LogP contribution is 2.29. The first-order chi connectivity index (χ1) is 14.9. The third-order valence-electron chi connectivity index (χ3n) is 4.80. The Morgan fingerprint density at radius 2 is 1.97 bits per heavy atom. The van der Waals surface area contributed by atoms with Crippen molar-refractivity contribution in [2.24, 2.45) is 0 Å². The Bertz CT molecular complexity index is 1240. The minimum absolute atomic E-state index is 0.0966. The van der Waals surface area contributed by atoms with Crippen molar-refractivity contribution >= 4 is 54.9 Å². The summed E-state index contributed by atoms with van der Waals surface area (Å²) in [4.78, 5) is 32.9. The Morgan fingerprint density at radius 3 is 2.71 bits per heavy atom. The van der Waals surface area contributed by atoms with Crippen LogP contribution in [0.1, 0.15) is 0 Å². The van der Waals surface area contributed by atoms with Crippen LogP contribution < -0.4 is 0 Å². The van der Waals surface area contributed by atoms with Crippen LogP contribution in [0.2, 0.25) is 0 Å². The lowest BCUT2D eigenvalue weighted by molar-refractivity contribution is -0.385. The first-order valence-electron chi connectivity index (χ1n) is 9.19. The van der Waals surface area contributed by atoms with Gasteiger partial charge in [-0.3, -0.25) is 14.9 Å². The zero-order valence-corrected chi connectivity index (χ0v) is 18.5. The molecule has 4 rings (SSSR count). The summed E-state index contributed by atoms with van der Waals surface area (Å²) in [5.41, 5.74) is 0.561. The molecule has 3 heterocycles. The number of nitro groups is 1. The zero-order chi connectivity index (χ0) is 22.0. The van der Waals surface area contributed by atoms with E-state index in [1.54, 1.807) is 4.90 Å². The summed E-state index contributed by atoms with van der Waals surface area (Å²) in [7, 11) is -3.87. The van der Waals surface area contributed by atoms with Gasteiger partial charge in [0.25, 0.3) is 5.69 Å². The molecular formula is C18H17N5O5S3. The summed E-state index contributed by atoms with van der Waals surface area (Å²) in [6.07, 6.45) is 1.47. The largest absolute Gasteiger partial charge is 0.339 e. The monoisotopic (exact) mass is 479 g/mol. The van der Waals surface area contributed by atoms with Crippen molar-refractivity contribution < 1.29 is 18.1 Å². The van der Waals surface area contributed by atoms with Crippen LogP contribution in [0.15, 0.2) is 52.0 Å². The van der Waals surface area contributed by atoms with Gasteiger partial charge in [-0.15, -0.1) is 11.3 Å². The van der Waals surface area contributed by atoms with Crippen molar-refractivity contribution in [3.63, 3.8) is 0 Å². The number of hydrogen-bond donors (Lipinski definition) is 0. The molecule has 10 nitrogen and oxygen atoms in total. The number of piperazine rings is 1. The first-order valence-corrected chi connectivity index (χ1v) is 12.5. The highest BCUT2D eigenvalue weighted by Gasteiger charge is 2.31. The van der Waals surface area contributed by atoms with E-state index in [2.05, 4.69) is 9.97 Å². The molecule has 1 aliphatic rings. The van der Waals surface area contributed by atoms with Crippen LogP contribution in [0.4, 0.5) is 5.69 Å². The van der Waals surface area contributed by atoms with Crippen LogP contribution in [-0.4, -0.2) is 70.4 Å². The molecule has 1 amide bonds. The molecule has 31 heavy (non-hydrogen) atoms. The van der Waals surface area contributed by atoms with Crippen LogP contribution in [0.25, 0.3) is 10.2 Å². The SMILES string of the molecule is O=C(CSc1ncnc2ccsc12)N1CCN(S(=O)(=O)c2cccc([N+](=O)[O-])c2)CC1. The predicted molar refractivity (Wildman–Crippen MR) is 117 cm³/mol. The molecule has 1 fully saturated rings. The highest BCUT2D eigenvalue weighted by molar-refractivity contribution is 8.00. The number of nitro benzene ring substituents is 1. The lowest BCUT2D eigenvalue weighted by atomic mass is 10.3. The van der Waals surface area contributed by atoms with Gasteiger partial charge in [-0.05, 0) is 17.5 Å². The van der Waals surface area contributed by atoms with E-state index in [-0.39, 0.29) is 48.4 Å². The highest BCUT2D eigenvalue weighted by atomic mass is 32.2. The molecule has 2 aromatic heterocycles. The molecule has 0 bridgehead atoms. The van der Waals surface area contributed by atoms with Gasteiger partial charge in [0.1, 0.15) is 11.4 Å². The van der Waals surface area contributed by atoms with Gasteiger partial charge in [-0.1, -0.05) is 17.8 Å². The maximum atomic E-state index is 12.8. The Balaban J connectivity index is 1.37. The fourth-order valence-electron chi connectivity index (χ4n) is 3.17. The van der Waals surface area contributed by atoms with Gasteiger partial charge in [0.2, 0.25) is 15.9 Å². The summed E-state index contributed by atoms with van der Waals surface area (Å²) in [6.45, 7) is 0.770. The fourth-order valence-corrected chi connectivity index (χ4v) is 6.49. The third kappa shape index (κ3) is 4.54. The topological polar surface area (TPSA) is 127 Å². The molecule has 0 unspecified atom stereocenters. The minimum atomic E-state index is -3.87. The minimum Gasteiger partial charge on any atom is -0.339 e. The summed E-state index contributed by atoms with van der Waals surface area (Å²) >= 11 is 2.85. The van der Waals surface area contributed by atoms with Crippen LogP contribution in [-0.2, 0) is 14.8 Å². The van der Waals surface area contributed by atoms with E-state index in [0.717, 1.165) is 21.3 Å². The van der Waals surface area contributed by atoms with E-state index in [9.17, 15) is 23.3 Å². The summed E-state index contributed by atoms with van der Waals surface area (Å²) in [5.74, 6) is 0.0995. The number of hydrogen-bond acceptors (Lipinski definition) is 9. The van der Waals surface area contributed by atoms with Crippen molar-refractivity contribution in [2.75, 3.05) is 31.9 Å². The Morgan fingerprint density at radius 1 is 1.19 bits per heavy atom. The van der Waals surface area contributed by atoms with Crippen molar-refractivity contribution in [3.8, 4) is 0 Å². The van der Waals surface area contributed by atoms with Gasteiger partial charge < -0.3 is 4.90 Å². The van der Waals surface area contributed by atoms with E-state index in [1.807, 2.05) is 11.4 Å². The molecule has 0 spiro atoms. The number of benzene rings is 1. The Kier molecular flexibility index (Phi) is 6.18. The number of carbonyl (C=O) groups is 1. The maximum Gasteiger partial charge on any atom is 0.270 e. The molecule has 1 aromatic carbocycles. The second-order valence-corrected chi connectivity index (χ2v) is 10.5. The molecule has 1 aliphatic heterocycles. The van der Waals surface area contributed by atoms with E-state index in [4.69, 9.17) is 0 Å². The molecule has 1 saturated heterocycles. The lowest BCUT2D eigenvalue weighted by Gasteiger charge is -2.34. The van der Waals surface area contributed by atoms with E-state index < -0.39 is 14.9 Å². The number of carbonyl (C=O) groups excluding carboxylic acids is 1. The van der Waals surface area contributed by atoms with Crippen LogP contribution in [0.3, 0.4) is 0 Å². The van der Waals surface area contributed by atoms with Crippen molar-refractivity contribution in [3.05, 3.63) is 52.2 Å². The van der Waals surface area contributed by atoms with Gasteiger partial charge >= 0.3 is 0 Å². The van der Waals surface area contributed by atoms with Gasteiger partial charge in [0.05, 0.1) is 25.8 Å². The molecule has 162 valence electrons. The van der Waals surface area contributed by atoms with Crippen molar-refractivity contribution in [2.45, 2.75) is 9.92 Å². The number of sulfonamides is 1. The Labute approximate surface area is 186 Å². The number of amides is 1. The van der Waals surface area contributed by atoms with Crippen LogP contribution >= 0.6 is 23.1 Å². The average Bonchev–Trinajstić information content (AvgIpc) is 3.27. The second kappa shape index (κ2) is 8.86.